The highest BCUT2D eigenvalue weighted by atomic mass is 32.1. The number of nitrogens with zero attached hydrogens (tertiary/aromatic N) is 3. The zero-order valence-electron chi connectivity index (χ0n) is 12.7. The number of aliphatic imine (C=N–C) groups is 1. The summed E-state index contributed by atoms with van der Waals surface area (Å²) >= 11 is 1.35. The molecule has 3 aromatic rings. The van der Waals surface area contributed by atoms with E-state index in [4.69, 9.17) is 5.73 Å². The fourth-order valence-corrected chi connectivity index (χ4v) is 2.83. The van der Waals surface area contributed by atoms with Crippen molar-refractivity contribution in [3.05, 3.63) is 58.6 Å². The van der Waals surface area contributed by atoms with E-state index >= 15 is 0 Å². The van der Waals surface area contributed by atoms with Crippen molar-refractivity contribution in [2.24, 2.45) is 10.7 Å². The highest BCUT2D eigenvalue weighted by Gasteiger charge is 2.08. The van der Waals surface area contributed by atoms with Gasteiger partial charge in [0.2, 0.25) is 11.1 Å². The van der Waals surface area contributed by atoms with Crippen molar-refractivity contribution in [1.82, 2.24) is 10.3 Å². The number of urea groups is 1. The Morgan fingerprint density at radius 1 is 1.20 bits per heavy atom. The number of nitrogens with one attached hydrogen (secondary N) is 2. The summed E-state index contributed by atoms with van der Waals surface area (Å²) in [5.41, 5.74) is 6.82. The van der Waals surface area contributed by atoms with Crippen LogP contribution >= 0.6 is 11.3 Å². The largest absolute Gasteiger partial charge is 0.369 e. The molecule has 1 heterocycles. The highest BCUT2D eigenvalue weighted by molar-refractivity contribution is 7.22. The predicted molar refractivity (Wildman–Crippen MR) is 96.2 cm³/mol. The van der Waals surface area contributed by atoms with Crippen molar-refractivity contribution >= 4 is 50.1 Å². The number of anilines is 1. The molecule has 0 aliphatic rings. The van der Waals surface area contributed by atoms with Crippen LogP contribution in [-0.4, -0.2) is 21.9 Å². The van der Waals surface area contributed by atoms with Gasteiger partial charge in [0.15, 0.2) is 0 Å². The van der Waals surface area contributed by atoms with Gasteiger partial charge in [0.1, 0.15) is 0 Å². The van der Waals surface area contributed by atoms with Gasteiger partial charge in [0.05, 0.1) is 15.1 Å². The molecule has 4 N–H and O–H groups in total. The van der Waals surface area contributed by atoms with E-state index in [1.54, 1.807) is 0 Å². The second-order valence-electron chi connectivity index (χ2n) is 4.84. The molecule has 126 valence electrons. The smallest absolute Gasteiger partial charge is 0.325 e. The normalized spacial score (nSPS) is 11.3. The summed E-state index contributed by atoms with van der Waals surface area (Å²) in [6, 6.07) is 12.3. The lowest BCUT2D eigenvalue weighted by molar-refractivity contribution is -0.384. The number of nitro benzene ring substituents is 1. The first-order chi connectivity index (χ1) is 12.0. The van der Waals surface area contributed by atoms with Crippen molar-refractivity contribution in [2.75, 3.05) is 5.32 Å². The van der Waals surface area contributed by atoms with Crippen molar-refractivity contribution in [2.45, 2.75) is 0 Å². The number of guanidine groups is 1. The molecule has 9 nitrogen and oxygen atoms in total. The molecule has 10 heteroatoms. The number of carbonyl (C=O) groups is 1. The molecule has 0 atom stereocenters. The third kappa shape index (κ3) is 4.06. The van der Waals surface area contributed by atoms with Gasteiger partial charge in [0.25, 0.3) is 5.69 Å². The molecule has 0 bridgehead atoms. The second-order valence-corrected chi connectivity index (χ2v) is 5.85. The molecule has 0 spiro atoms. The summed E-state index contributed by atoms with van der Waals surface area (Å²) in [4.78, 5) is 30.3. The summed E-state index contributed by atoms with van der Waals surface area (Å²) in [5, 5.41) is 15.9. The summed E-state index contributed by atoms with van der Waals surface area (Å²) in [6.45, 7) is 0. The average Bonchev–Trinajstić information content (AvgIpc) is 2.97. The lowest BCUT2D eigenvalue weighted by Crippen LogP contribution is -2.39. The number of para-hydroxylation sites is 1. The van der Waals surface area contributed by atoms with Gasteiger partial charge in [-0.05, 0) is 24.3 Å². The van der Waals surface area contributed by atoms with Crippen molar-refractivity contribution in [1.29, 1.82) is 0 Å². The van der Waals surface area contributed by atoms with Gasteiger partial charge in [-0.2, -0.15) is 4.99 Å². The monoisotopic (exact) mass is 356 g/mol. The SMILES string of the molecule is NC(=Nc1nc2ccccc2s1)NC(=O)Nc1ccc([N+](=O)[O-])cc1. The maximum Gasteiger partial charge on any atom is 0.325 e. The molecule has 0 aliphatic carbocycles. The van der Waals surface area contributed by atoms with Crippen LogP contribution in [0.15, 0.2) is 53.5 Å². The molecular formula is C15H12N6O3S. The van der Waals surface area contributed by atoms with Gasteiger partial charge < -0.3 is 11.1 Å². The minimum atomic E-state index is -0.615. The van der Waals surface area contributed by atoms with Crippen molar-refractivity contribution in [3.63, 3.8) is 0 Å². The number of hydrogen-bond donors (Lipinski definition) is 3. The number of hydrogen-bond acceptors (Lipinski definition) is 6. The molecule has 0 radical (unpaired) electrons. The minimum Gasteiger partial charge on any atom is -0.369 e. The van der Waals surface area contributed by atoms with Crippen LogP contribution in [0.2, 0.25) is 0 Å². The van der Waals surface area contributed by atoms with Crippen LogP contribution < -0.4 is 16.4 Å². The minimum absolute atomic E-state index is 0.0668. The fourth-order valence-electron chi connectivity index (χ4n) is 1.98. The Morgan fingerprint density at radius 2 is 1.92 bits per heavy atom. The summed E-state index contributed by atoms with van der Waals surface area (Å²) in [5.74, 6) is -0.113. The van der Waals surface area contributed by atoms with E-state index < -0.39 is 11.0 Å². The Kier molecular flexibility index (Phi) is 4.53. The van der Waals surface area contributed by atoms with Gasteiger partial charge in [-0.15, -0.1) is 0 Å². The molecule has 0 saturated carbocycles. The molecule has 2 amide bonds. The van der Waals surface area contributed by atoms with Crippen LogP contribution in [0.1, 0.15) is 0 Å². The number of amides is 2. The topological polar surface area (TPSA) is 136 Å². The van der Waals surface area contributed by atoms with Gasteiger partial charge in [-0.3, -0.25) is 15.4 Å². The maximum atomic E-state index is 11.9. The molecule has 0 aliphatic heterocycles. The van der Waals surface area contributed by atoms with E-state index in [1.807, 2.05) is 24.3 Å². The standard InChI is InChI=1S/C15H12N6O3S/c16-13(20-15-18-11-3-1-2-4-12(11)25-15)19-14(22)17-9-5-7-10(8-6-9)21(23)24/h1-8H,(H4,16,17,18,19,20,22). The van der Waals surface area contributed by atoms with E-state index in [2.05, 4.69) is 20.6 Å². The first-order valence-corrected chi connectivity index (χ1v) is 7.85. The molecule has 2 aromatic carbocycles. The van der Waals surface area contributed by atoms with Gasteiger partial charge in [-0.1, -0.05) is 23.5 Å². The third-order valence-electron chi connectivity index (χ3n) is 3.08. The number of aromatic nitrogens is 1. The molecule has 3 rings (SSSR count). The summed E-state index contributed by atoms with van der Waals surface area (Å²) < 4.78 is 0.962. The van der Waals surface area contributed by atoms with E-state index in [1.165, 1.54) is 35.6 Å². The Balaban J connectivity index is 1.64. The number of thiazole rings is 1. The molecule has 1 aromatic heterocycles. The number of non-ortho nitro benzene ring substituents is 1. The van der Waals surface area contributed by atoms with Crippen LogP contribution in [0.5, 0.6) is 0 Å². The first-order valence-electron chi connectivity index (χ1n) is 7.03. The van der Waals surface area contributed by atoms with Crippen LogP contribution in [0, 0.1) is 10.1 Å². The second kappa shape index (κ2) is 6.93. The average molecular weight is 356 g/mol. The summed E-state index contributed by atoms with van der Waals surface area (Å²) in [6.07, 6.45) is 0. The lowest BCUT2D eigenvalue weighted by Gasteiger charge is -2.06. The number of nitrogens with two attached hydrogens (primary N) is 1. The lowest BCUT2D eigenvalue weighted by atomic mass is 10.3. The van der Waals surface area contributed by atoms with Crippen LogP contribution in [0.3, 0.4) is 0 Å². The molecule has 25 heavy (non-hydrogen) atoms. The van der Waals surface area contributed by atoms with E-state index in [0.29, 0.717) is 10.8 Å². The number of benzene rings is 2. The molecule has 0 fully saturated rings. The number of fused-ring (bicyclic) bond motifs is 1. The first kappa shape index (κ1) is 16.3. The maximum absolute atomic E-state index is 11.9. The zero-order valence-corrected chi connectivity index (χ0v) is 13.5. The van der Waals surface area contributed by atoms with Gasteiger partial charge in [0, 0.05) is 17.8 Å². The van der Waals surface area contributed by atoms with Crippen LogP contribution in [0.25, 0.3) is 10.2 Å². The predicted octanol–water partition coefficient (Wildman–Crippen LogP) is 2.97. The van der Waals surface area contributed by atoms with Gasteiger partial charge >= 0.3 is 6.03 Å². The Hall–Kier alpha value is -3.53. The number of carbonyl (C=O) groups excluding carboxylic acids is 1. The quantitative estimate of drug-likeness (QED) is 0.287. The molecule has 0 saturated heterocycles. The number of rotatable bonds is 3. The fraction of sp³-hybridized carbons (Fsp3) is 0. The Morgan fingerprint density at radius 3 is 2.60 bits per heavy atom. The van der Waals surface area contributed by atoms with E-state index in [9.17, 15) is 14.9 Å². The van der Waals surface area contributed by atoms with Crippen LogP contribution in [-0.2, 0) is 0 Å². The third-order valence-corrected chi connectivity index (χ3v) is 4.01. The number of nitro groups is 1. The van der Waals surface area contributed by atoms with E-state index in [-0.39, 0.29) is 11.6 Å². The Bertz CT molecular complexity index is 934. The summed E-state index contributed by atoms with van der Waals surface area (Å²) in [7, 11) is 0. The van der Waals surface area contributed by atoms with Crippen molar-refractivity contribution < 1.29 is 9.72 Å². The van der Waals surface area contributed by atoms with Crippen molar-refractivity contribution in [3.8, 4) is 0 Å². The van der Waals surface area contributed by atoms with E-state index in [0.717, 1.165) is 10.2 Å². The zero-order chi connectivity index (χ0) is 17.8. The molecule has 0 unspecified atom stereocenters. The molecular weight excluding hydrogens is 344 g/mol. The van der Waals surface area contributed by atoms with Gasteiger partial charge in [-0.25, -0.2) is 9.78 Å². The highest BCUT2D eigenvalue weighted by Crippen LogP contribution is 2.27. The Labute approximate surface area is 145 Å². The van der Waals surface area contributed by atoms with Crippen LogP contribution in [0.4, 0.5) is 21.3 Å².